The van der Waals surface area contributed by atoms with Crippen LogP contribution in [0, 0.1) is 10.1 Å². The summed E-state index contributed by atoms with van der Waals surface area (Å²) in [5.74, 6) is 0. The quantitative estimate of drug-likeness (QED) is 0.672. The molecule has 20 heavy (non-hydrogen) atoms. The molecule has 8 heteroatoms. The van der Waals surface area contributed by atoms with Crippen LogP contribution in [-0.4, -0.2) is 18.3 Å². The largest absolute Gasteiger partial charge is 0.292 e. The third kappa shape index (κ3) is 2.98. The Kier molecular flexibility index (Phi) is 3.77. The predicted molar refractivity (Wildman–Crippen MR) is 71.5 cm³/mol. The average molecular weight is 293 g/mol. The van der Waals surface area contributed by atoms with Gasteiger partial charge in [-0.3, -0.25) is 15.1 Å². The highest BCUT2D eigenvalue weighted by Crippen LogP contribution is 2.26. The molecule has 0 fully saturated rings. The first-order valence-corrected chi connectivity index (χ1v) is 7.13. The van der Waals surface area contributed by atoms with Gasteiger partial charge in [-0.05, 0) is 5.56 Å². The van der Waals surface area contributed by atoms with Crippen molar-refractivity contribution in [2.45, 2.75) is 11.3 Å². The van der Waals surface area contributed by atoms with E-state index in [0.29, 0.717) is 0 Å². The number of aromatic nitrogens is 1. The van der Waals surface area contributed by atoms with Gasteiger partial charge in [0.15, 0.2) is 4.90 Å². The maximum atomic E-state index is 11.6. The van der Waals surface area contributed by atoms with E-state index < -0.39 is 25.5 Å². The lowest BCUT2D eigenvalue weighted by atomic mass is 10.1. The monoisotopic (exact) mass is 293 g/mol. The first-order chi connectivity index (χ1) is 9.39. The molecule has 1 aromatic heterocycles. The molecule has 0 bridgehead atoms. The minimum atomic E-state index is -4.23. The number of hydrogen-bond acceptors (Lipinski definition) is 5. The Labute approximate surface area is 115 Å². The summed E-state index contributed by atoms with van der Waals surface area (Å²) < 4.78 is 23.2. The van der Waals surface area contributed by atoms with Crippen molar-refractivity contribution in [3.05, 3.63) is 64.0 Å². The van der Waals surface area contributed by atoms with Gasteiger partial charge in [-0.1, -0.05) is 30.3 Å². The molecule has 2 aromatic rings. The van der Waals surface area contributed by atoms with Gasteiger partial charge in [0.2, 0.25) is 10.0 Å². The van der Waals surface area contributed by atoms with Crippen LogP contribution < -0.4 is 5.14 Å². The van der Waals surface area contributed by atoms with Crippen molar-refractivity contribution in [2.75, 3.05) is 0 Å². The normalized spacial score (nSPS) is 11.2. The smallest absolute Gasteiger partial charge is 0.259 e. The highest BCUT2D eigenvalue weighted by molar-refractivity contribution is 7.89. The van der Waals surface area contributed by atoms with Gasteiger partial charge in [0.05, 0.1) is 10.6 Å². The van der Waals surface area contributed by atoms with Crippen LogP contribution in [0.5, 0.6) is 0 Å². The second-order valence-electron chi connectivity index (χ2n) is 4.07. The zero-order valence-corrected chi connectivity index (χ0v) is 11.1. The number of rotatable bonds is 4. The standard InChI is InChI=1S/C12H11N3O4S/c13-20(18,19)12-10(8-9-4-2-1-3-5-9)14-7-6-11(12)15(16)17/h1-7H,8H2,(H2,13,18,19). The SMILES string of the molecule is NS(=O)(=O)c1c([N+](=O)[O-])ccnc1Cc1ccccc1. The molecule has 0 radical (unpaired) electrons. The summed E-state index contributed by atoms with van der Waals surface area (Å²) in [4.78, 5) is 13.5. The Morgan fingerprint density at radius 1 is 1.20 bits per heavy atom. The molecule has 0 unspecified atom stereocenters. The molecule has 2 N–H and O–H groups in total. The molecule has 0 atom stereocenters. The molecule has 0 aliphatic rings. The molecule has 0 amide bonds. The van der Waals surface area contributed by atoms with E-state index in [0.717, 1.165) is 11.6 Å². The Bertz CT molecular complexity index is 745. The number of nitrogens with two attached hydrogens (primary N) is 1. The van der Waals surface area contributed by atoms with Crippen molar-refractivity contribution in [1.29, 1.82) is 0 Å². The molecular formula is C12H11N3O4S. The molecule has 0 saturated heterocycles. The fourth-order valence-electron chi connectivity index (χ4n) is 1.85. The summed E-state index contributed by atoms with van der Waals surface area (Å²) in [5.41, 5.74) is 0.284. The van der Waals surface area contributed by atoms with E-state index in [4.69, 9.17) is 5.14 Å². The zero-order chi connectivity index (χ0) is 14.8. The van der Waals surface area contributed by atoms with Crippen molar-refractivity contribution >= 4 is 15.7 Å². The van der Waals surface area contributed by atoms with Crippen molar-refractivity contribution in [2.24, 2.45) is 5.14 Å². The molecule has 0 aliphatic carbocycles. The summed E-state index contributed by atoms with van der Waals surface area (Å²) in [5, 5.41) is 16.0. The minimum absolute atomic E-state index is 0.0629. The van der Waals surface area contributed by atoms with E-state index in [1.54, 1.807) is 24.3 Å². The van der Waals surface area contributed by atoms with Crippen LogP contribution in [0.4, 0.5) is 5.69 Å². The topological polar surface area (TPSA) is 116 Å². The Morgan fingerprint density at radius 2 is 1.85 bits per heavy atom. The number of benzene rings is 1. The van der Waals surface area contributed by atoms with Crippen molar-refractivity contribution in [1.82, 2.24) is 4.98 Å². The van der Waals surface area contributed by atoms with E-state index in [-0.39, 0.29) is 12.1 Å². The van der Waals surface area contributed by atoms with Crippen molar-refractivity contribution in [3.8, 4) is 0 Å². The van der Waals surface area contributed by atoms with E-state index in [2.05, 4.69) is 4.98 Å². The van der Waals surface area contributed by atoms with Crippen LogP contribution in [0.15, 0.2) is 47.5 Å². The number of hydrogen-bond donors (Lipinski definition) is 1. The molecule has 7 nitrogen and oxygen atoms in total. The molecule has 2 rings (SSSR count). The lowest BCUT2D eigenvalue weighted by Gasteiger charge is -2.07. The van der Waals surface area contributed by atoms with Crippen LogP contribution in [0.1, 0.15) is 11.3 Å². The van der Waals surface area contributed by atoms with Crippen LogP contribution in [-0.2, 0) is 16.4 Å². The lowest BCUT2D eigenvalue weighted by molar-refractivity contribution is -0.388. The first-order valence-electron chi connectivity index (χ1n) is 5.58. The van der Waals surface area contributed by atoms with Gasteiger partial charge in [0.1, 0.15) is 0 Å². The Morgan fingerprint density at radius 3 is 2.40 bits per heavy atom. The molecule has 104 valence electrons. The molecule has 0 spiro atoms. The van der Waals surface area contributed by atoms with Crippen LogP contribution in [0.2, 0.25) is 0 Å². The zero-order valence-electron chi connectivity index (χ0n) is 10.3. The maximum absolute atomic E-state index is 11.6. The fraction of sp³-hybridized carbons (Fsp3) is 0.0833. The van der Waals surface area contributed by atoms with Crippen LogP contribution in [0.25, 0.3) is 0 Å². The highest BCUT2D eigenvalue weighted by atomic mass is 32.2. The summed E-state index contributed by atoms with van der Waals surface area (Å²) in [6.45, 7) is 0. The van der Waals surface area contributed by atoms with Gasteiger partial charge < -0.3 is 0 Å². The summed E-state index contributed by atoms with van der Waals surface area (Å²) in [7, 11) is -4.23. The summed E-state index contributed by atoms with van der Waals surface area (Å²) in [6.07, 6.45) is 1.35. The predicted octanol–water partition coefficient (Wildman–Crippen LogP) is 1.23. The molecule has 1 heterocycles. The van der Waals surface area contributed by atoms with E-state index in [1.165, 1.54) is 6.20 Å². The van der Waals surface area contributed by atoms with Gasteiger partial charge in [0.25, 0.3) is 5.69 Å². The molecular weight excluding hydrogens is 282 g/mol. The number of primary sulfonamides is 1. The molecule has 0 saturated carbocycles. The van der Waals surface area contributed by atoms with Gasteiger partial charge in [-0.25, -0.2) is 13.6 Å². The van der Waals surface area contributed by atoms with Crippen LogP contribution >= 0.6 is 0 Å². The summed E-state index contributed by atoms with van der Waals surface area (Å²) in [6, 6.07) is 9.94. The van der Waals surface area contributed by atoms with Crippen LogP contribution in [0.3, 0.4) is 0 Å². The average Bonchev–Trinajstić information content (AvgIpc) is 2.38. The fourth-order valence-corrected chi connectivity index (χ4v) is 2.74. The van der Waals surface area contributed by atoms with E-state index in [9.17, 15) is 18.5 Å². The summed E-state index contributed by atoms with van der Waals surface area (Å²) >= 11 is 0. The van der Waals surface area contributed by atoms with Crippen molar-refractivity contribution in [3.63, 3.8) is 0 Å². The van der Waals surface area contributed by atoms with Gasteiger partial charge in [-0.15, -0.1) is 0 Å². The maximum Gasteiger partial charge on any atom is 0.292 e. The van der Waals surface area contributed by atoms with Crippen molar-refractivity contribution < 1.29 is 13.3 Å². The third-order valence-corrected chi connectivity index (χ3v) is 3.67. The third-order valence-electron chi connectivity index (χ3n) is 2.65. The first kappa shape index (κ1) is 14.1. The number of nitrogens with zero attached hydrogens (tertiary/aromatic N) is 2. The van der Waals surface area contributed by atoms with E-state index in [1.807, 2.05) is 6.07 Å². The highest BCUT2D eigenvalue weighted by Gasteiger charge is 2.27. The van der Waals surface area contributed by atoms with Gasteiger partial charge >= 0.3 is 0 Å². The second-order valence-corrected chi connectivity index (χ2v) is 5.57. The van der Waals surface area contributed by atoms with E-state index >= 15 is 0 Å². The second kappa shape index (κ2) is 5.35. The number of nitro groups is 1. The lowest BCUT2D eigenvalue weighted by Crippen LogP contribution is -2.17. The molecule has 1 aromatic carbocycles. The van der Waals surface area contributed by atoms with Gasteiger partial charge in [0, 0.05) is 18.7 Å². The minimum Gasteiger partial charge on any atom is -0.259 e. The Hall–Kier alpha value is -2.32. The van der Waals surface area contributed by atoms with Gasteiger partial charge in [-0.2, -0.15) is 0 Å². The molecule has 0 aliphatic heterocycles. The Balaban J connectivity index is 2.59. The number of pyridine rings is 1. The number of sulfonamides is 1.